The zero-order valence-electron chi connectivity index (χ0n) is 16.1. The van der Waals surface area contributed by atoms with Crippen LogP contribution >= 0.6 is 0 Å². The summed E-state index contributed by atoms with van der Waals surface area (Å²) in [7, 11) is 1.82. The number of hydrogen-bond donors (Lipinski definition) is 1. The maximum atomic E-state index is 13.3. The van der Waals surface area contributed by atoms with E-state index < -0.39 is 0 Å². The van der Waals surface area contributed by atoms with Gasteiger partial charge in [-0.25, -0.2) is 4.79 Å². The number of aromatic nitrogens is 6. The van der Waals surface area contributed by atoms with Crippen molar-refractivity contribution in [2.24, 2.45) is 7.05 Å². The van der Waals surface area contributed by atoms with Crippen molar-refractivity contribution in [1.82, 2.24) is 28.9 Å². The second-order valence-electron chi connectivity index (χ2n) is 7.09. The Labute approximate surface area is 169 Å². The van der Waals surface area contributed by atoms with Crippen LogP contribution in [-0.4, -0.2) is 28.9 Å². The molecule has 0 aliphatic rings. The van der Waals surface area contributed by atoms with Crippen molar-refractivity contribution in [3.05, 3.63) is 93.5 Å². The Hall–Kier alpha value is -4.14. The molecular formula is C21H18N6O3. The van der Waals surface area contributed by atoms with Crippen molar-refractivity contribution in [1.29, 1.82) is 0 Å². The summed E-state index contributed by atoms with van der Waals surface area (Å²) in [6.45, 7) is 0.440. The Morgan fingerprint density at radius 3 is 2.57 bits per heavy atom. The van der Waals surface area contributed by atoms with Gasteiger partial charge in [-0.2, -0.15) is 5.10 Å². The summed E-state index contributed by atoms with van der Waals surface area (Å²) < 4.78 is 9.60. The fourth-order valence-corrected chi connectivity index (χ4v) is 3.53. The third kappa shape index (κ3) is 3.06. The van der Waals surface area contributed by atoms with Crippen molar-refractivity contribution in [2.75, 3.05) is 0 Å². The molecule has 9 nitrogen and oxygen atoms in total. The van der Waals surface area contributed by atoms with E-state index in [0.29, 0.717) is 17.6 Å². The quantitative estimate of drug-likeness (QED) is 0.484. The normalized spacial score (nSPS) is 11.4. The highest BCUT2D eigenvalue weighted by Crippen LogP contribution is 2.22. The summed E-state index contributed by atoms with van der Waals surface area (Å²) in [6.07, 6.45) is 9.96. The molecule has 5 heterocycles. The predicted molar refractivity (Wildman–Crippen MR) is 110 cm³/mol. The van der Waals surface area contributed by atoms with Crippen molar-refractivity contribution >= 4 is 11.0 Å². The lowest BCUT2D eigenvalue weighted by Gasteiger charge is -2.11. The average molecular weight is 402 g/mol. The predicted octanol–water partition coefficient (Wildman–Crippen LogP) is 1.98. The maximum Gasteiger partial charge on any atom is 0.332 e. The van der Waals surface area contributed by atoms with Crippen LogP contribution in [0.25, 0.3) is 22.3 Å². The van der Waals surface area contributed by atoms with E-state index >= 15 is 0 Å². The number of furan rings is 1. The molecule has 0 aliphatic carbocycles. The molecule has 0 saturated heterocycles. The van der Waals surface area contributed by atoms with Crippen molar-refractivity contribution < 1.29 is 4.42 Å². The minimum absolute atomic E-state index is 0.127. The standard InChI is InChI=1S/C21H18N6O3/c1-25-12-16(9-23-25)17-8-18-19(24-17)20(28)27(11-15-4-7-30-13-15)21(29)26(18)10-14-2-5-22-6-3-14/h2-9,12-13,24H,10-11H2,1H3. The molecule has 0 aromatic carbocycles. The first kappa shape index (κ1) is 17.9. The second-order valence-corrected chi connectivity index (χ2v) is 7.09. The van der Waals surface area contributed by atoms with Gasteiger partial charge in [-0.05, 0) is 29.8 Å². The fraction of sp³-hybridized carbons (Fsp3) is 0.143. The zero-order valence-corrected chi connectivity index (χ0v) is 16.1. The van der Waals surface area contributed by atoms with E-state index in [0.717, 1.165) is 22.4 Å². The number of rotatable bonds is 5. The first-order valence-electron chi connectivity index (χ1n) is 9.35. The Morgan fingerprint density at radius 2 is 1.87 bits per heavy atom. The Balaban J connectivity index is 1.74. The van der Waals surface area contributed by atoms with Crippen LogP contribution in [0.1, 0.15) is 11.1 Å². The molecule has 30 heavy (non-hydrogen) atoms. The highest BCUT2D eigenvalue weighted by Gasteiger charge is 2.18. The molecule has 150 valence electrons. The van der Waals surface area contributed by atoms with Crippen molar-refractivity contribution in [3.63, 3.8) is 0 Å². The molecule has 5 aromatic heterocycles. The van der Waals surface area contributed by atoms with Gasteiger partial charge in [-0.1, -0.05) is 0 Å². The maximum absolute atomic E-state index is 13.3. The topological polar surface area (TPSA) is 104 Å². The number of pyridine rings is 1. The van der Waals surface area contributed by atoms with E-state index in [1.807, 2.05) is 31.4 Å². The minimum Gasteiger partial charge on any atom is -0.472 e. The van der Waals surface area contributed by atoms with Crippen LogP contribution in [-0.2, 0) is 20.1 Å². The molecule has 9 heteroatoms. The molecule has 1 N–H and O–H groups in total. The molecule has 0 bridgehead atoms. The van der Waals surface area contributed by atoms with E-state index in [2.05, 4.69) is 15.1 Å². The van der Waals surface area contributed by atoms with Gasteiger partial charge in [0.2, 0.25) is 0 Å². The summed E-state index contributed by atoms with van der Waals surface area (Å²) in [6, 6.07) is 7.24. The molecular weight excluding hydrogens is 384 g/mol. The summed E-state index contributed by atoms with van der Waals surface area (Å²) in [4.78, 5) is 33.7. The third-order valence-electron chi connectivity index (χ3n) is 5.04. The summed E-state index contributed by atoms with van der Waals surface area (Å²) in [5.41, 5.74) is 3.35. The van der Waals surface area contributed by atoms with Crippen LogP contribution in [0.5, 0.6) is 0 Å². The van der Waals surface area contributed by atoms with Crippen LogP contribution < -0.4 is 11.2 Å². The van der Waals surface area contributed by atoms with E-state index in [1.165, 1.54) is 17.1 Å². The lowest BCUT2D eigenvalue weighted by atomic mass is 10.2. The third-order valence-corrected chi connectivity index (χ3v) is 5.04. The monoisotopic (exact) mass is 402 g/mol. The van der Waals surface area contributed by atoms with Gasteiger partial charge in [0.15, 0.2) is 0 Å². The van der Waals surface area contributed by atoms with Crippen molar-refractivity contribution in [3.8, 4) is 11.3 Å². The van der Waals surface area contributed by atoms with Gasteiger partial charge in [0.25, 0.3) is 5.56 Å². The summed E-state index contributed by atoms with van der Waals surface area (Å²) in [5.74, 6) is 0. The van der Waals surface area contributed by atoms with Gasteiger partial charge in [0, 0.05) is 36.8 Å². The van der Waals surface area contributed by atoms with E-state index in [1.54, 1.807) is 33.9 Å². The summed E-state index contributed by atoms with van der Waals surface area (Å²) in [5, 5.41) is 4.19. The number of aromatic amines is 1. The molecule has 5 rings (SSSR count). The van der Waals surface area contributed by atoms with E-state index in [4.69, 9.17) is 4.42 Å². The molecule has 0 radical (unpaired) electrons. The number of hydrogen-bond acceptors (Lipinski definition) is 5. The Morgan fingerprint density at radius 1 is 1.07 bits per heavy atom. The van der Waals surface area contributed by atoms with Crippen LogP contribution in [0, 0.1) is 0 Å². The molecule has 0 saturated carbocycles. The average Bonchev–Trinajstić information content (AvgIpc) is 3.50. The molecule has 0 fully saturated rings. The zero-order chi connectivity index (χ0) is 20.7. The smallest absolute Gasteiger partial charge is 0.332 e. The number of nitrogens with one attached hydrogen (secondary N) is 1. The van der Waals surface area contributed by atoms with Gasteiger partial charge >= 0.3 is 5.69 Å². The van der Waals surface area contributed by atoms with Crippen LogP contribution in [0.2, 0.25) is 0 Å². The molecule has 0 spiro atoms. The Bertz CT molecular complexity index is 1440. The fourth-order valence-electron chi connectivity index (χ4n) is 3.53. The lowest BCUT2D eigenvalue weighted by Crippen LogP contribution is -2.40. The number of aryl methyl sites for hydroxylation is 1. The van der Waals surface area contributed by atoms with Crippen molar-refractivity contribution in [2.45, 2.75) is 13.1 Å². The second kappa shape index (κ2) is 7.03. The van der Waals surface area contributed by atoms with Gasteiger partial charge in [-0.3, -0.25) is 23.6 Å². The van der Waals surface area contributed by atoms with E-state index in [9.17, 15) is 9.59 Å². The minimum atomic E-state index is -0.387. The Kier molecular flexibility index (Phi) is 4.20. The summed E-state index contributed by atoms with van der Waals surface area (Å²) >= 11 is 0. The first-order valence-corrected chi connectivity index (χ1v) is 9.35. The molecule has 0 atom stereocenters. The highest BCUT2D eigenvalue weighted by molar-refractivity contribution is 5.82. The molecule has 0 amide bonds. The molecule has 0 aliphatic heterocycles. The number of H-pyrrole nitrogens is 1. The lowest BCUT2D eigenvalue weighted by molar-refractivity contribution is 0.558. The van der Waals surface area contributed by atoms with Gasteiger partial charge in [-0.15, -0.1) is 0 Å². The molecule has 5 aromatic rings. The van der Waals surface area contributed by atoms with E-state index in [-0.39, 0.29) is 17.8 Å². The number of fused-ring (bicyclic) bond motifs is 1. The first-order chi connectivity index (χ1) is 14.6. The van der Waals surface area contributed by atoms with Crippen LogP contribution in [0.15, 0.2) is 75.6 Å². The van der Waals surface area contributed by atoms with Gasteiger partial charge in [0.05, 0.1) is 43.0 Å². The van der Waals surface area contributed by atoms with Crippen LogP contribution in [0.3, 0.4) is 0 Å². The SMILES string of the molecule is Cn1cc(-c2cc3c([nH]2)c(=O)n(Cc2ccoc2)c(=O)n3Cc2ccncc2)cn1. The van der Waals surface area contributed by atoms with Gasteiger partial charge < -0.3 is 9.40 Å². The van der Waals surface area contributed by atoms with Gasteiger partial charge in [0.1, 0.15) is 5.52 Å². The highest BCUT2D eigenvalue weighted by atomic mass is 16.3. The van der Waals surface area contributed by atoms with Crippen LogP contribution in [0.4, 0.5) is 0 Å². The molecule has 0 unspecified atom stereocenters. The number of nitrogens with zero attached hydrogens (tertiary/aromatic N) is 5. The largest absolute Gasteiger partial charge is 0.472 e.